The van der Waals surface area contributed by atoms with Crippen LogP contribution < -0.4 is 10.1 Å². The highest BCUT2D eigenvalue weighted by Gasteiger charge is 2.16. The molecule has 0 unspecified atom stereocenters. The van der Waals surface area contributed by atoms with Gasteiger partial charge in [0.05, 0.1) is 18.4 Å². The Morgan fingerprint density at radius 3 is 2.53 bits per heavy atom. The predicted molar refractivity (Wildman–Crippen MR) is 122 cm³/mol. The van der Waals surface area contributed by atoms with E-state index < -0.39 is 11.9 Å². The molecule has 0 aliphatic heterocycles. The molecule has 0 saturated heterocycles. The van der Waals surface area contributed by atoms with E-state index in [2.05, 4.69) is 5.32 Å². The fraction of sp³-hybridized carbons (Fsp3) is 0.0800. The maximum absolute atomic E-state index is 12.6. The maximum Gasteiger partial charge on any atom is 0.339 e. The van der Waals surface area contributed by atoms with Crippen molar-refractivity contribution < 1.29 is 19.1 Å². The van der Waals surface area contributed by atoms with Crippen LogP contribution in [0.3, 0.4) is 0 Å². The van der Waals surface area contributed by atoms with Crippen LogP contribution >= 0.6 is 11.6 Å². The number of nitrogens with one attached hydrogen (secondary N) is 1. The number of anilines is 1. The molecule has 3 aromatic rings. The number of carbonyl (C=O) groups is 2. The number of para-hydroxylation sites is 1. The van der Waals surface area contributed by atoms with Crippen LogP contribution in [0.5, 0.6) is 5.75 Å². The van der Waals surface area contributed by atoms with E-state index in [1.165, 1.54) is 19.3 Å². The first kappa shape index (κ1) is 22.6. The van der Waals surface area contributed by atoms with E-state index in [4.69, 9.17) is 21.1 Å². The fourth-order valence-corrected chi connectivity index (χ4v) is 2.95. The van der Waals surface area contributed by atoms with Crippen molar-refractivity contribution in [1.29, 1.82) is 5.26 Å². The van der Waals surface area contributed by atoms with Crippen LogP contribution in [0.15, 0.2) is 78.4 Å². The molecule has 0 spiro atoms. The summed E-state index contributed by atoms with van der Waals surface area (Å²) in [4.78, 5) is 24.5. The molecule has 0 aliphatic rings. The van der Waals surface area contributed by atoms with Crippen molar-refractivity contribution in [3.63, 3.8) is 0 Å². The molecule has 0 bridgehead atoms. The number of nitriles is 1. The number of methoxy groups -OCH3 is 1. The molecular formula is C25H19ClN2O4. The van der Waals surface area contributed by atoms with Gasteiger partial charge in [-0.2, -0.15) is 5.26 Å². The molecular weight excluding hydrogens is 428 g/mol. The van der Waals surface area contributed by atoms with Gasteiger partial charge < -0.3 is 14.8 Å². The van der Waals surface area contributed by atoms with E-state index in [1.807, 2.05) is 18.2 Å². The Morgan fingerprint density at radius 2 is 1.81 bits per heavy atom. The Labute approximate surface area is 190 Å². The second kappa shape index (κ2) is 10.8. The predicted octanol–water partition coefficient (Wildman–Crippen LogP) is 5.25. The van der Waals surface area contributed by atoms with Crippen molar-refractivity contribution in [3.8, 4) is 11.8 Å². The maximum atomic E-state index is 12.6. The van der Waals surface area contributed by atoms with Gasteiger partial charge in [0.15, 0.2) is 0 Å². The van der Waals surface area contributed by atoms with Gasteiger partial charge in [-0.3, -0.25) is 4.79 Å². The lowest BCUT2D eigenvalue weighted by Gasteiger charge is -2.09. The highest BCUT2D eigenvalue weighted by Crippen LogP contribution is 2.20. The molecule has 1 amide bonds. The molecule has 32 heavy (non-hydrogen) atoms. The summed E-state index contributed by atoms with van der Waals surface area (Å²) in [7, 11) is 1.25. The summed E-state index contributed by atoms with van der Waals surface area (Å²) in [5.41, 5.74) is 1.89. The highest BCUT2D eigenvalue weighted by atomic mass is 35.5. The van der Waals surface area contributed by atoms with E-state index in [0.717, 1.165) is 5.56 Å². The van der Waals surface area contributed by atoms with Crippen molar-refractivity contribution >= 4 is 35.2 Å². The summed E-state index contributed by atoms with van der Waals surface area (Å²) in [6, 6.07) is 22.6. The number of nitrogens with zero attached hydrogens (tertiary/aromatic N) is 1. The fourth-order valence-electron chi connectivity index (χ4n) is 2.83. The average molecular weight is 447 g/mol. The van der Waals surface area contributed by atoms with E-state index in [9.17, 15) is 14.9 Å². The molecule has 0 fully saturated rings. The van der Waals surface area contributed by atoms with Crippen LogP contribution in [-0.2, 0) is 16.1 Å². The summed E-state index contributed by atoms with van der Waals surface area (Å²) in [5, 5.41) is 12.7. The van der Waals surface area contributed by atoms with Gasteiger partial charge in [0, 0.05) is 5.02 Å². The van der Waals surface area contributed by atoms with Crippen molar-refractivity contribution in [1.82, 2.24) is 0 Å². The third kappa shape index (κ3) is 5.97. The van der Waals surface area contributed by atoms with Gasteiger partial charge in [-0.1, -0.05) is 48.0 Å². The van der Waals surface area contributed by atoms with E-state index in [1.54, 1.807) is 54.6 Å². The summed E-state index contributed by atoms with van der Waals surface area (Å²) < 4.78 is 10.5. The van der Waals surface area contributed by atoms with Gasteiger partial charge in [-0.15, -0.1) is 0 Å². The average Bonchev–Trinajstić information content (AvgIpc) is 2.82. The monoisotopic (exact) mass is 446 g/mol. The third-order valence-electron chi connectivity index (χ3n) is 4.43. The van der Waals surface area contributed by atoms with Crippen molar-refractivity contribution in [3.05, 3.63) is 100 Å². The molecule has 0 heterocycles. The van der Waals surface area contributed by atoms with E-state index >= 15 is 0 Å². The molecule has 1 N–H and O–H groups in total. The van der Waals surface area contributed by atoms with E-state index in [0.29, 0.717) is 22.9 Å². The molecule has 0 saturated carbocycles. The Balaban J connectivity index is 1.74. The van der Waals surface area contributed by atoms with Crippen LogP contribution in [0.2, 0.25) is 5.02 Å². The Bertz CT molecular complexity index is 1200. The van der Waals surface area contributed by atoms with Gasteiger partial charge in [0.25, 0.3) is 5.91 Å². The van der Waals surface area contributed by atoms with Gasteiger partial charge in [0.1, 0.15) is 24.0 Å². The van der Waals surface area contributed by atoms with Crippen LogP contribution in [0.1, 0.15) is 21.5 Å². The van der Waals surface area contributed by atoms with Crippen molar-refractivity contribution in [2.24, 2.45) is 0 Å². The number of hydrogen-bond donors (Lipinski definition) is 1. The first-order valence-electron chi connectivity index (χ1n) is 9.58. The molecule has 6 nitrogen and oxygen atoms in total. The van der Waals surface area contributed by atoms with Gasteiger partial charge in [-0.05, 0) is 53.6 Å². The quantitative estimate of drug-likeness (QED) is 0.304. The van der Waals surface area contributed by atoms with Crippen LogP contribution in [0.25, 0.3) is 6.08 Å². The molecule has 7 heteroatoms. The minimum absolute atomic E-state index is 0.125. The number of halogens is 1. The molecule has 3 rings (SSSR count). The van der Waals surface area contributed by atoms with Crippen molar-refractivity contribution in [2.45, 2.75) is 6.61 Å². The first-order valence-corrected chi connectivity index (χ1v) is 9.95. The summed E-state index contributed by atoms with van der Waals surface area (Å²) in [5.74, 6) is -0.646. The minimum atomic E-state index is -0.642. The minimum Gasteiger partial charge on any atom is -0.489 e. The number of ether oxygens (including phenoxy) is 2. The second-order valence-electron chi connectivity index (χ2n) is 6.65. The molecule has 160 valence electrons. The van der Waals surface area contributed by atoms with Crippen LogP contribution in [0, 0.1) is 11.3 Å². The molecule has 0 aromatic heterocycles. The summed E-state index contributed by atoms with van der Waals surface area (Å²) in [6.07, 6.45) is 1.45. The molecule has 3 aromatic carbocycles. The third-order valence-corrected chi connectivity index (χ3v) is 4.69. The second-order valence-corrected chi connectivity index (χ2v) is 7.09. The zero-order chi connectivity index (χ0) is 22.9. The zero-order valence-corrected chi connectivity index (χ0v) is 17.9. The molecule has 0 radical (unpaired) electrons. The Kier molecular flexibility index (Phi) is 7.63. The van der Waals surface area contributed by atoms with E-state index in [-0.39, 0.29) is 16.8 Å². The zero-order valence-electron chi connectivity index (χ0n) is 17.2. The standard InChI is InChI=1S/C25H19ClN2O4/c1-31-25(30)22-7-2-3-8-23(22)28-24(29)19(15-27)13-18-5-4-6-21(14-18)32-16-17-9-11-20(26)12-10-17/h2-14H,16H2,1H3,(H,28,29). The number of hydrogen-bond acceptors (Lipinski definition) is 5. The highest BCUT2D eigenvalue weighted by molar-refractivity contribution is 6.30. The number of esters is 1. The first-order chi connectivity index (χ1) is 15.5. The molecule has 0 aliphatic carbocycles. The number of rotatable bonds is 7. The number of amides is 1. The van der Waals surface area contributed by atoms with Crippen molar-refractivity contribution in [2.75, 3.05) is 12.4 Å². The molecule has 0 atom stereocenters. The van der Waals surface area contributed by atoms with Gasteiger partial charge in [-0.25, -0.2) is 4.79 Å². The SMILES string of the molecule is COC(=O)c1ccccc1NC(=O)C(C#N)=Cc1cccc(OCc2ccc(Cl)cc2)c1. The van der Waals surface area contributed by atoms with Gasteiger partial charge in [0.2, 0.25) is 0 Å². The smallest absolute Gasteiger partial charge is 0.339 e. The summed E-state index contributed by atoms with van der Waals surface area (Å²) in [6.45, 7) is 0.347. The van der Waals surface area contributed by atoms with Crippen LogP contribution in [-0.4, -0.2) is 19.0 Å². The normalized spacial score (nSPS) is 10.7. The Hall–Kier alpha value is -4.08. The largest absolute Gasteiger partial charge is 0.489 e. The lowest BCUT2D eigenvalue weighted by molar-refractivity contribution is -0.112. The van der Waals surface area contributed by atoms with Crippen LogP contribution in [0.4, 0.5) is 5.69 Å². The topological polar surface area (TPSA) is 88.4 Å². The lowest BCUT2D eigenvalue weighted by Crippen LogP contribution is -2.16. The number of benzene rings is 3. The Morgan fingerprint density at radius 1 is 1.06 bits per heavy atom. The van der Waals surface area contributed by atoms with Gasteiger partial charge >= 0.3 is 5.97 Å². The summed E-state index contributed by atoms with van der Waals surface area (Å²) >= 11 is 5.89. The number of carbonyl (C=O) groups excluding carboxylic acids is 2. The lowest BCUT2D eigenvalue weighted by atomic mass is 10.1.